The third kappa shape index (κ3) is 3.45. The largest absolute Gasteiger partial charge is 1.00 e. The Morgan fingerprint density at radius 3 is 2.58 bits per heavy atom. The molecule has 0 aliphatic rings. The number of rotatable bonds is 2. The second-order valence-corrected chi connectivity index (χ2v) is 2.09. The molecule has 0 aliphatic carbocycles. The molecule has 5 heteroatoms. The summed E-state index contributed by atoms with van der Waals surface area (Å²) < 4.78 is 23.9. The summed E-state index contributed by atoms with van der Waals surface area (Å²) in [7, 11) is -2.50. The van der Waals surface area contributed by atoms with Gasteiger partial charge < -0.3 is 1.43 Å². The predicted molar refractivity (Wildman–Crippen MR) is 40.5 cm³/mol. The Morgan fingerprint density at radius 2 is 2.08 bits per heavy atom. The molecule has 0 bridgehead atoms. The van der Waals surface area contributed by atoms with Gasteiger partial charge in [-0.2, -0.15) is 0 Å². The monoisotopic (exact) mass is 194 g/mol. The fourth-order valence-corrected chi connectivity index (χ4v) is 0.768. The number of halogens is 2. The maximum Gasteiger partial charge on any atom is 1.00 e. The van der Waals surface area contributed by atoms with Crippen molar-refractivity contribution in [3.63, 3.8) is 0 Å². The van der Waals surface area contributed by atoms with Gasteiger partial charge in [0.1, 0.15) is 6.29 Å². The molecule has 12 heavy (non-hydrogen) atoms. The molecule has 58 valence electrons. The summed E-state index contributed by atoms with van der Waals surface area (Å²) >= 11 is 0. The molecule has 1 rings (SSSR count). The molecule has 0 spiro atoms. The Labute approximate surface area is 114 Å². The summed E-state index contributed by atoms with van der Waals surface area (Å²) in [5.41, 5.74) is 0.164. The van der Waals surface area contributed by atoms with Crippen LogP contribution in [0.4, 0.5) is 8.63 Å². The predicted octanol–water partition coefficient (Wildman–Crippen LogP) is -1.75. The van der Waals surface area contributed by atoms with Crippen LogP contribution >= 0.6 is 0 Å². The van der Waals surface area contributed by atoms with Crippen molar-refractivity contribution in [2.45, 2.75) is 0 Å². The molecule has 0 unspecified atom stereocenters. The first-order chi connectivity index (χ1) is 5.24. The van der Waals surface area contributed by atoms with Crippen molar-refractivity contribution < 1.29 is 66.2 Å². The fourth-order valence-electron chi connectivity index (χ4n) is 0.768. The van der Waals surface area contributed by atoms with Gasteiger partial charge in [0, 0.05) is 5.56 Å². The van der Waals surface area contributed by atoms with E-state index in [9.17, 15) is 13.4 Å². The van der Waals surface area contributed by atoms with E-state index in [1.807, 2.05) is 0 Å². The molecule has 0 radical (unpaired) electrons. The van der Waals surface area contributed by atoms with Gasteiger partial charge in [-0.3, -0.25) is 13.4 Å². The molecule has 0 N–H and O–H groups in total. The van der Waals surface area contributed by atoms with Crippen molar-refractivity contribution in [2.75, 3.05) is 0 Å². The zero-order valence-electron chi connectivity index (χ0n) is 7.63. The maximum absolute atomic E-state index is 12.0. The molecular weight excluding hydrogens is 188 g/mol. The molecule has 0 saturated heterocycles. The zero-order chi connectivity index (χ0) is 8.27. The molecule has 1 aromatic carbocycles. The smallest absolute Gasteiger partial charge is 1.00 e. The first kappa shape index (κ1) is 12.5. The Morgan fingerprint density at radius 1 is 1.42 bits per heavy atom. The zero-order valence-corrected chi connectivity index (χ0v) is 9.75. The molecule has 0 atom stereocenters. The van der Waals surface area contributed by atoms with Gasteiger partial charge >= 0.3 is 58.7 Å². The molecule has 1 nitrogen and oxygen atoms in total. The van der Waals surface area contributed by atoms with E-state index in [1.165, 1.54) is 24.3 Å². The molecule has 0 amide bonds. The van der Waals surface area contributed by atoms with Gasteiger partial charge in [0.05, 0.1) is 0 Å². The van der Waals surface area contributed by atoms with Crippen molar-refractivity contribution in [2.24, 2.45) is 0 Å². The van der Waals surface area contributed by atoms with Crippen molar-refractivity contribution in [1.82, 2.24) is 0 Å². The van der Waals surface area contributed by atoms with Gasteiger partial charge in [0.2, 0.25) is 0 Å². The topological polar surface area (TPSA) is 17.1 Å². The van der Waals surface area contributed by atoms with Crippen molar-refractivity contribution in [1.29, 1.82) is 0 Å². The Hall–Kier alpha value is 0.451. The van der Waals surface area contributed by atoms with Crippen LogP contribution in [0.3, 0.4) is 0 Å². The number of aldehydes is 1. The van der Waals surface area contributed by atoms with E-state index in [0.29, 0.717) is 6.29 Å². The van der Waals surface area contributed by atoms with E-state index >= 15 is 0 Å². The van der Waals surface area contributed by atoms with Gasteiger partial charge in [-0.25, -0.2) is 0 Å². The second-order valence-electron chi connectivity index (χ2n) is 2.09. The third-order valence-electron chi connectivity index (χ3n) is 1.30. The minimum atomic E-state index is -2.50. The molecule has 0 heterocycles. The maximum atomic E-state index is 12.0. The van der Waals surface area contributed by atoms with Crippen LogP contribution in [0, 0.1) is 0 Å². The number of carbonyl (C=O) groups excluding carboxylic acids is 1. The summed E-state index contributed by atoms with van der Waals surface area (Å²) in [5.74, 6) is 0. The summed E-state index contributed by atoms with van der Waals surface area (Å²) in [6, 6.07) is 5.39. The number of carbonyl (C=O) groups is 1. The van der Waals surface area contributed by atoms with E-state index in [1.54, 1.807) is 0 Å². The van der Waals surface area contributed by atoms with Crippen LogP contribution in [-0.2, 0) is 0 Å². The Kier molecular flexibility index (Phi) is 6.21. The standard InChI is InChI=1S/C7H5BF2O.K.H/c9-8(10)7-3-1-2-6(4-7)5-11;;/h1-5H;;/q;+1;-1. The van der Waals surface area contributed by atoms with Gasteiger partial charge in [-0.15, -0.1) is 0 Å². The average molecular weight is 194 g/mol. The minimum Gasteiger partial charge on any atom is -1.00 e. The summed E-state index contributed by atoms with van der Waals surface area (Å²) in [4.78, 5) is 10.1. The third-order valence-corrected chi connectivity index (χ3v) is 1.30. The average Bonchev–Trinajstić information content (AvgIpc) is 2.05. The van der Waals surface area contributed by atoms with E-state index in [-0.39, 0.29) is 63.8 Å². The normalized spacial score (nSPS) is 8.50. The fraction of sp³-hybridized carbons (Fsp3) is 0. The van der Waals surface area contributed by atoms with Crippen LogP contribution in [0.5, 0.6) is 0 Å². The summed E-state index contributed by atoms with van der Waals surface area (Å²) in [5, 5.41) is 0. The SMILES string of the molecule is O=Cc1cccc(B(F)F)c1.[H-].[K+]. The minimum absolute atomic E-state index is 0. The molecule has 0 fully saturated rings. The van der Waals surface area contributed by atoms with Gasteiger partial charge in [-0.05, 0) is 5.46 Å². The summed E-state index contributed by atoms with van der Waals surface area (Å²) in [6.45, 7) is 0. The van der Waals surface area contributed by atoms with Gasteiger partial charge in [-0.1, -0.05) is 24.3 Å². The van der Waals surface area contributed by atoms with E-state index in [2.05, 4.69) is 0 Å². The van der Waals surface area contributed by atoms with Gasteiger partial charge in [0.25, 0.3) is 0 Å². The quantitative estimate of drug-likeness (QED) is 0.403. The van der Waals surface area contributed by atoms with Crippen molar-refractivity contribution in [3.8, 4) is 0 Å². The van der Waals surface area contributed by atoms with Crippen LogP contribution in [-0.4, -0.2) is 13.6 Å². The van der Waals surface area contributed by atoms with Crippen LogP contribution in [0.1, 0.15) is 11.8 Å². The van der Waals surface area contributed by atoms with E-state index in [0.717, 1.165) is 0 Å². The number of hydrogen-bond acceptors (Lipinski definition) is 1. The molecule has 0 saturated carbocycles. The van der Waals surface area contributed by atoms with Gasteiger partial charge in [0.15, 0.2) is 0 Å². The summed E-state index contributed by atoms with van der Waals surface area (Å²) in [6.07, 6.45) is 0.547. The molecule has 0 aromatic heterocycles. The van der Waals surface area contributed by atoms with Crippen LogP contribution < -0.4 is 56.8 Å². The second kappa shape index (κ2) is 5.99. The van der Waals surface area contributed by atoms with Crippen LogP contribution in [0.15, 0.2) is 24.3 Å². The first-order valence-electron chi connectivity index (χ1n) is 3.07. The number of hydrogen-bond donors (Lipinski definition) is 0. The molecule has 1 aromatic rings. The molecular formula is C7H6BF2KO. The Bertz CT molecular complexity index is 272. The first-order valence-corrected chi connectivity index (χ1v) is 3.07. The van der Waals surface area contributed by atoms with Crippen molar-refractivity contribution >= 4 is 19.0 Å². The van der Waals surface area contributed by atoms with E-state index < -0.39 is 7.27 Å². The van der Waals surface area contributed by atoms with Crippen LogP contribution in [0.2, 0.25) is 0 Å². The Balaban J connectivity index is 0. The van der Waals surface area contributed by atoms with E-state index in [4.69, 9.17) is 0 Å². The van der Waals surface area contributed by atoms with Crippen molar-refractivity contribution in [3.05, 3.63) is 29.8 Å². The number of benzene rings is 1. The molecule has 0 aliphatic heterocycles. The van der Waals surface area contributed by atoms with Crippen LogP contribution in [0.25, 0.3) is 0 Å².